The van der Waals surface area contributed by atoms with Crippen LogP contribution in [-0.2, 0) is 4.74 Å². The molecule has 1 rings (SSSR count). The van der Waals surface area contributed by atoms with Crippen LogP contribution in [0.25, 0.3) is 0 Å². The summed E-state index contributed by atoms with van der Waals surface area (Å²) in [5, 5.41) is 0. The van der Waals surface area contributed by atoms with E-state index >= 15 is 0 Å². The Morgan fingerprint density at radius 2 is 1.86 bits per heavy atom. The van der Waals surface area contributed by atoms with Gasteiger partial charge in [-0.2, -0.15) is 0 Å². The molecule has 0 saturated heterocycles. The summed E-state index contributed by atoms with van der Waals surface area (Å²) in [6, 6.07) is 3.58. The van der Waals surface area contributed by atoms with Gasteiger partial charge >= 0.3 is 5.97 Å². The number of rotatable bonds is 2. The summed E-state index contributed by atoms with van der Waals surface area (Å²) in [6.07, 6.45) is 0. The van der Waals surface area contributed by atoms with Crippen molar-refractivity contribution in [2.45, 2.75) is 13.8 Å². The van der Waals surface area contributed by atoms with Crippen LogP contribution < -0.4 is 4.74 Å². The molecular weight excluding hydrogens is 180 g/mol. The van der Waals surface area contributed by atoms with E-state index in [4.69, 9.17) is 4.74 Å². The lowest BCUT2D eigenvalue weighted by atomic mass is 10.0. The summed E-state index contributed by atoms with van der Waals surface area (Å²) in [5.41, 5.74) is 2.51. The van der Waals surface area contributed by atoms with Crippen molar-refractivity contribution in [1.29, 1.82) is 0 Å². The number of benzene rings is 1. The zero-order valence-corrected chi connectivity index (χ0v) is 8.88. The number of methoxy groups -OCH3 is 2. The van der Waals surface area contributed by atoms with Gasteiger partial charge in [-0.25, -0.2) is 4.79 Å². The maximum atomic E-state index is 11.4. The van der Waals surface area contributed by atoms with E-state index in [1.54, 1.807) is 13.2 Å². The molecule has 1 aromatic rings. The largest absolute Gasteiger partial charge is 0.497 e. The van der Waals surface area contributed by atoms with Gasteiger partial charge in [-0.3, -0.25) is 0 Å². The minimum absolute atomic E-state index is 0.329. The Bertz CT molecular complexity index is 356. The van der Waals surface area contributed by atoms with Gasteiger partial charge in [-0.1, -0.05) is 0 Å². The number of hydrogen-bond acceptors (Lipinski definition) is 3. The van der Waals surface area contributed by atoms with Gasteiger partial charge < -0.3 is 9.47 Å². The summed E-state index contributed by atoms with van der Waals surface area (Å²) >= 11 is 0. The topological polar surface area (TPSA) is 35.5 Å². The van der Waals surface area contributed by atoms with Gasteiger partial charge in [0.05, 0.1) is 19.8 Å². The van der Waals surface area contributed by atoms with Gasteiger partial charge in [-0.05, 0) is 37.1 Å². The van der Waals surface area contributed by atoms with E-state index < -0.39 is 0 Å². The third-order valence-corrected chi connectivity index (χ3v) is 2.28. The number of carbonyl (C=O) groups is 1. The Kier molecular flexibility index (Phi) is 3.12. The first-order valence-corrected chi connectivity index (χ1v) is 4.33. The van der Waals surface area contributed by atoms with Crippen LogP contribution in [0.4, 0.5) is 0 Å². The molecular formula is C11H14O3. The number of hydrogen-bond donors (Lipinski definition) is 0. The van der Waals surface area contributed by atoms with E-state index in [1.165, 1.54) is 7.11 Å². The first-order chi connectivity index (χ1) is 6.60. The minimum Gasteiger partial charge on any atom is -0.497 e. The number of carbonyl (C=O) groups excluding carboxylic acids is 1. The summed E-state index contributed by atoms with van der Waals surface area (Å²) in [5.74, 6) is 0.345. The van der Waals surface area contributed by atoms with Crippen LogP contribution in [0, 0.1) is 13.8 Å². The van der Waals surface area contributed by atoms with Crippen LogP contribution in [-0.4, -0.2) is 20.2 Å². The third kappa shape index (κ3) is 1.87. The monoisotopic (exact) mass is 194 g/mol. The molecule has 0 bridgehead atoms. The van der Waals surface area contributed by atoms with Crippen molar-refractivity contribution in [3.05, 3.63) is 28.8 Å². The molecule has 0 aliphatic rings. The van der Waals surface area contributed by atoms with Crippen molar-refractivity contribution >= 4 is 5.97 Å². The molecule has 0 aliphatic heterocycles. The average Bonchev–Trinajstić information content (AvgIpc) is 2.20. The second kappa shape index (κ2) is 4.13. The highest BCUT2D eigenvalue weighted by atomic mass is 16.5. The molecule has 0 N–H and O–H groups in total. The molecule has 0 fully saturated rings. The van der Waals surface area contributed by atoms with E-state index in [0.29, 0.717) is 11.3 Å². The maximum Gasteiger partial charge on any atom is 0.338 e. The fourth-order valence-corrected chi connectivity index (χ4v) is 1.27. The molecule has 0 radical (unpaired) electrons. The molecule has 3 nitrogen and oxygen atoms in total. The lowest BCUT2D eigenvalue weighted by molar-refractivity contribution is 0.0599. The third-order valence-electron chi connectivity index (χ3n) is 2.28. The van der Waals surface area contributed by atoms with Crippen LogP contribution >= 0.6 is 0 Å². The predicted octanol–water partition coefficient (Wildman–Crippen LogP) is 2.10. The Morgan fingerprint density at radius 3 is 2.36 bits per heavy atom. The summed E-state index contributed by atoms with van der Waals surface area (Å²) in [4.78, 5) is 11.4. The van der Waals surface area contributed by atoms with Crippen molar-refractivity contribution < 1.29 is 14.3 Å². The molecule has 14 heavy (non-hydrogen) atoms. The molecule has 0 unspecified atom stereocenters. The van der Waals surface area contributed by atoms with Crippen molar-refractivity contribution in [2.75, 3.05) is 14.2 Å². The van der Waals surface area contributed by atoms with Crippen LogP contribution in [0.5, 0.6) is 5.75 Å². The molecule has 0 aromatic heterocycles. The molecule has 0 atom stereocenters. The Morgan fingerprint density at radius 1 is 1.21 bits per heavy atom. The average molecular weight is 194 g/mol. The fraction of sp³-hybridized carbons (Fsp3) is 0.364. The Labute approximate surface area is 83.6 Å². The van der Waals surface area contributed by atoms with Crippen molar-refractivity contribution in [3.63, 3.8) is 0 Å². The number of aryl methyl sites for hydroxylation is 1. The Hall–Kier alpha value is -1.51. The second-order valence-corrected chi connectivity index (χ2v) is 3.11. The fourth-order valence-electron chi connectivity index (χ4n) is 1.27. The molecule has 0 heterocycles. The van der Waals surface area contributed by atoms with Crippen molar-refractivity contribution in [2.24, 2.45) is 0 Å². The first kappa shape index (κ1) is 10.6. The van der Waals surface area contributed by atoms with Crippen LogP contribution in [0.2, 0.25) is 0 Å². The van der Waals surface area contributed by atoms with Gasteiger partial charge in [-0.15, -0.1) is 0 Å². The summed E-state index contributed by atoms with van der Waals surface area (Å²) in [6.45, 7) is 3.82. The van der Waals surface area contributed by atoms with E-state index in [-0.39, 0.29) is 5.97 Å². The van der Waals surface area contributed by atoms with Gasteiger partial charge in [0.15, 0.2) is 0 Å². The lowest BCUT2D eigenvalue weighted by Crippen LogP contribution is -2.05. The predicted molar refractivity (Wildman–Crippen MR) is 53.8 cm³/mol. The number of esters is 1. The van der Waals surface area contributed by atoms with Crippen LogP contribution in [0.15, 0.2) is 12.1 Å². The zero-order valence-electron chi connectivity index (χ0n) is 8.88. The van der Waals surface area contributed by atoms with E-state index in [9.17, 15) is 4.79 Å². The van der Waals surface area contributed by atoms with Gasteiger partial charge in [0.2, 0.25) is 0 Å². The minimum atomic E-state index is -0.329. The SMILES string of the molecule is COC(=O)c1cc(OC)cc(C)c1C. The quantitative estimate of drug-likeness (QED) is 0.676. The number of ether oxygens (including phenoxy) is 2. The van der Waals surface area contributed by atoms with Gasteiger partial charge in [0.25, 0.3) is 0 Å². The normalized spacial score (nSPS) is 9.71. The molecule has 0 spiro atoms. The van der Waals surface area contributed by atoms with Crippen molar-refractivity contribution in [3.8, 4) is 5.75 Å². The van der Waals surface area contributed by atoms with Crippen LogP contribution in [0.3, 0.4) is 0 Å². The van der Waals surface area contributed by atoms with E-state index in [1.807, 2.05) is 19.9 Å². The molecule has 76 valence electrons. The molecule has 0 amide bonds. The summed E-state index contributed by atoms with van der Waals surface area (Å²) in [7, 11) is 2.95. The van der Waals surface area contributed by atoms with Crippen molar-refractivity contribution in [1.82, 2.24) is 0 Å². The van der Waals surface area contributed by atoms with Gasteiger partial charge in [0.1, 0.15) is 5.75 Å². The second-order valence-electron chi connectivity index (χ2n) is 3.11. The molecule has 0 aliphatic carbocycles. The lowest BCUT2D eigenvalue weighted by Gasteiger charge is -2.09. The summed E-state index contributed by atoms with van der Waals surface area (Å²) < 4.78 is 9.75. The van der Waals surface area contributed by atoms with Gasteiger partial charge in [0, 0.05) is 0 Å². The van der Waals surface area contributed by atoms with E-state index in [0.717, 1.165) is 11.1 Å². The zero-order chi connectivity index (χ0) is 10.7. The Balaban J connectivity index is 3.27. The van der Waals surface area contributed by atoms with E-state index in [2.05, 4.69) is 4.74 Å². The molecule has 1 aromatic carbocycles. The highest BCUT2D eigenvalue weighted by Crippen LogP contribution is 2.21. The molecule has 3 heteroatoms. The highest BCUT2D eigenvalue weighted by molar-refractivity contribution is 5.91. The first-order valence-electron chi connectivity index (χ1n) is 4.33. The molecule has 0 saturated carbocycles. The standard InChI is InChI=1S/C11H14O3/c1-7-5-9(13-3)6-10(8(7)2)11(12)14-4/h5-6H,1-4H3. The van der Waals surface area contributed by atoms with Crippen LogP contribution in [0.1, 0.15) is 21.5 Å². The smallest absolute Gasteiger partial charge is 0.338 e. The highest BCUT2D eigenvalue weighted by Gasteiger charge is 2.12. The maximum absolute atomic E-state index is 11.4.